The molecule has 8 nitrogen and oxygen atoms in total. The fourth-order valence-corrected chi connectivity index (χ4v) is 4.17. The van der Waals surface area contributed by atoms with E-state index in [1.807, 2.05) is 43.0 Å². The van der Waals surface area contributed by atoms with E-state index in [1.54, 1.807) is 6.92 Å². The van der Waals surface area contributed by atoms with Crippen molar-refractivity contribution in [1.82, 2.24) is 25.5 Å². The van der Waals surface area contributed by atoms with Crippen LogP contribution in [0, 0.1) is 26.7 Å². The number of hydrogen-bond donors (Lipinski definition) is 1. The van der Waals surface area contributed by atoms with Crippen LogP contribution in [0.2, 0.25) is 0 Å². The highest BCUT2D eigenvalue weighted by molar-refractivity contribution is 5.99. The minimum atomic E-state index is -0.0549. The number of piperidine rings is 1. The predicted molar refractivity (Wildman–Crippen MR) is 115 cm³/mol. The molecule has 0 bridgehead atoms. The van der Waals surface area contributed by atoms with Gasteiger partial charge in [0, 0.05) is 24.9 Å². The number of nitrogens with zero attached hydrogens (tertiary/aromatic N) is 4. The van der Waals surface area contributed by atoms with Gasteiger partial charge in [0.2, 0.25) is 5.91 Å². The summed E-state index contributed by atoms with van der Waals surface area (Å²) in [5, 5.41) is 11.3. The van der Waals surface area contributed by atoms with Crippen LogP contribution in [-0.4, -0.2) is 45.1 Å². The first-order valence-electron chi connectivity index (χ1n) is 10.6. The Labute approximate surface area is 181 Å². The molecule has 162 valence electrons. The Hall–Kier alpha value is -3.29. The van der Waals surface area contributed by atoms with Crippen LogP contribution in [0.15, 0.2) is 28.9 Å². The van der Waals surface area contributed by atoms with Crippen molar-refractivity contribution in [3.05, 3.63) is 52.5 Å². The first-order valence-corrected chi connectivity index (χ1v) is 10.6. The van der Waals surface area contributed by atoms with Crippen LogP contribution < -0.4 is 5.32 Å². The van der Waals surface area contributed by atoms with Gasteiger partial charge in [0.25, 0.3) is 5.91 Å². The van der Waals surface area contributed by atoms with Crippen molar-refractivity contribution in [3.8, 4) is 0 Å². The van der Waals surface area contributed by atoms with Gasteiger partial charge in [-0.3, -0.25) is 14.6 Å². The first-order chi connectivity index (χ1) is 14.9. The van der Waals surface area contributed by atoms with Crippen LogP contribution in [0.3, 0.4) is 0 Å². The SMILES string of the molecule is Cc1nc2c(C)cccc2cc1C(=O)N1CCCC(CC(=O)NCc2nonc2C)C1. The molecule has 3 heterocycles. The van der Waals surface area contributed by atoms with E-state index in [0.29, 0.717) is 43.0 Å². The van der Waals surface area contributed by atoms with Gasteiger partial charge in [0.1, 0.15) is 11.4 Å². The van der Waals surface area contributed by atoms with E-state index in [1.165, 1.54) is 0 Å². The molecule has 1 atom stereocenters. The largest absolute Gasteiger partial charge is 0.350 e. The van der Waals surface area contributed by atoms with Crippen LogP contribution in [0.4, 0.5) is 0 Å². The molecule has 4 rings (SSSR count). The molecule has 2 amide bonds. The molecular formula is C23H27N5O3. The molecule has 0 spiro atoms. The topological polar surface area (TPSA) is 101 Å². The van der Waals surface area contributed by atoms with Gasteiger partial charge in [-0.25, -0.2) is 4.63 Å². The summed E-state index contributed by atoms with van der Waals surface area (Å²) in [5.74, 6) is 0.0636. The lowest BCUT2D eigenvalue weighted by Gasteiger charge is -2.33. The smallest absolute Gasteiger partial charge is 0.255 e. The number of para-hydroxylation sites is 1. The zero-order valence-corrected chi connectivity index (χ0v) is 18.1. The van der Waals surface area contributed by atoms with Crippen molar-refractivity contribution in [2.24, 2.45) is 5.92 Å². The molecule has 0 saturated carbocycles. The minimum absolute atomic E-state index is 0.0113. The first kappa shape index (κ1) is 21.0. The standard InChI is InChI=1S/C23H27N5O3/c1-14-6-4-8-18-11-19(15(2)25-22(14)18)23(30)28-9-5-7-17(13-28)10-21(29)24-12-20-16(3)26-31-27-20/h4,6,8,11,17H,5,7,9-10,12-13H2,1-3H3,(H,24,29). The second-order valence-corrected chi connectivity index (χ2v) is 8.30. The molecule has 0 radical (unpaired) electrons. The number of carbonyl (C=O) groups is 2. The molecule has 1 aromatic carbocycles. The van der Waals surface area contributed by atoms with Gasteiger partial charge in [-0.2, -0.15) is 0 Å². The number of nitrogens with one attached hydrogen (secondary N) is 1. The van der Waals surface area contributed by atoms with Crippen molar-refractivity contribution >= 4 is 22.7 Å². The highest BCUT2D eigenvalue weighted by Crippen LogP contribution is 2.24. The molecule has 1 unspecified atom stereocenters. The van der Waals surface area contributed by atoms with E-state index >= 15 is 0 Å². The van der Waals surface area contributed by atoms with Gasteiger partial charge in [0.05, 0.1) is 23.3 Å². The molecule has 2 aromatic heterocycles. The van der Waals surface area contributed by atoms with Gasteiger partial charge < -0.3 is 10.2 Å². The van der Waals surface area contributed by atoms with Crippen LogP contribution in [0.1, 0.15) is 52.3 Å². The molecule has 0 aliphatic carbocycles. The number of amides is 2. The minimum Gasteiger partial charge on any atom is -0.350 e. The second-order valence-electron chi connectivity index (χ2n) is 8.30. The van der Waals surface area contributed by atoms with E-state index in [4.69, 9.17) is 0 Å². The highest BCUT2D eigenvalue weighted by Gasteiger charge is 2.27. The van der Waals surface area contributed by atoms with E-state index in [9.17, 15) is 9.59 Å². The third-order valence-electron chi connectivity index (χ3n) is 5.95. The number of benzene rings is 1. The molecule has 3 aromatic rings. The maximum Gasteiger partial charge on any atom is 0.255 e. The maximum absolute atomic E-state index is 13.3. The molecule has 1 saturated heterocycles. The summed E-state index contributed by atoms with van der Waals surface area (Å²) in [7, 11) is 0. The number of rotatable bonds is 5. The zero-order chi connectivity index (χ0) is 22.0. The monoisotopic (exact) mass is 421 g/mol. The summed E-state index contributed by atoms with van der Waals surface area (Å²) in [6.45, 7) is 7.26. The Balaban J connectivity index is 1.40. The second kappa shape index (κ2) is 8.83. The number of fused-ring (bicyclic) bond motifs is 1. The molecule has 31 heavy (non-hydrogen) atoms. The number of aromatic nitrogens is 3. The zero-order valence-electron chi connectivity index (χ0n) is 18.1. The van der Waals surface area contributed by atoms with E-state index in [-0.39, 0.29) is 17.7 Å². The lowest BCUT2D eigenvalue weighted by molar-refractivity contribution is -0.122. The average Bonchev–Trinajstić information content (AvgIpc) is 3.17. The van der Waals surface area contributed by atoms with E-state index < -0.39 is 0 Å². The lowest BCUT2D eigenvalue weighted by Crippen LogP contribution is -2.41. The summed E-state index contributed by atoms with van der Waals surface area (Å²) in [5.41, 5.74) is 4.70. The highest BCUT2D eigenvalue weighted by atomic mass is 16.6. The van der Waals surface area contributed by atoms with Crippen molar-refractivity contribution in [3.63, 3.8) is 0 Å². The van der Waals surface area contributed by atoms with Crippen LogP contribution >= 0.6 is 0 Å². The molecule has 1 aliphatic heterocycles. The van der Waals surface area contributed by atoms with Crippen LogP contribution in [-0.2, 0) is 11.3 Å². The molecule has 1 N–H and O–H groups in total. The van der Waals surface area contributed by atoms with Crippen molar-refractivity contribution in [1.29, 1.82) is 0 Å². The van der Waals surface area contributed by atoms with Gasteiger partial charge in [0.15, 0.2) is 0 Å². The number of carbonyl (C=O) groups excluding carboxylic acids is 2. The number of likely N-dealkylation sites (tertiary alicyclic amines) is 1. The van der Waals surface area contributed by atoms with Crippen molar-refractivity contribution < 1.29 is 14.2 Å². The van der Waals surface area contributed by atoms with E-state index in [2.05, 4.69) is 25.2 Å². The third-order valence-corrected chi connectivity index (χ3v) is 5.95. The fraction of sp³-hybridized carbons (Fsp3) is 0.435. The predicted octanol–water partition coefficient (Wildman–Crippen LogP) is 3.10. The van der Waals surface area contributed by atoms with Gasteiger partial charge >= 0.3 is 0 Å². The maximum atomic E-state index is 13.3. The molecule has 8 heteroatoms. The molecule has 1 aliphatic rings. The fourth-order valence-electron chi connectivity index (χ4n) is 4.17. The van der Waals surface area contributed by atoms with Gasteiger partial charge in [-0.15, -0.1) is 0 Å². The summed E-state index contributed by atoms with van der Waals surface area (Å²) in [6.07, 6.45) is 2.19. The normalized spacial score (nSPS) is 16.5. The Morgan fingerprint density at radius 3 is 2.81 bits per heavy atom. The third kappa shape index (κ3) is 4.57. The van der Waals surface area contributed by atoms with Crippen LogP contribution in [0.25, 0.3) is 10.9 Å². The Morgan fingerprint density at radius 2 is 2.03 bits per heavy atom. The van der Waals surface area contributed by atoms with Gasteiger partial charge in [-0.1, -0.05) is 28.5 Å². The number of pyridine rings is 1. The lowest BCUT2D eigenvalue weighted by atomic mass is 9.93. The molecular weight excluding hydrogens is 394 g/mol. The summed E-state index contributed by atoms with van der Waals surface area (Å²) in [6, 6.07) is 7.94. The van der Waals surface area contributed by atoms with Gasteiger partial charge in [-0.05, 0) is 51.2 Å². The summed E-state index contributed by atoms with van der Waals surface area (Å²) >= 11 is 0. The quantitative estimate of drug-likeness (QED) is 0.679. The molecule has 1 fully saturated rings. The number of aryl methyl sites for hydroxylation is 3. The average molecular weight is 422 g/mol. The summed E-state index contributed by atoms with van der Waals surface area (Å²) < 4.78 is 4.65. The summed E-state index contributed by atoms with van der Waals surface area (Å²) in [4.78, 5) is 32.2. The van der Waals surface area contributed by atoms with Crippen LogP contribution in [0.5, 0.6) is 0 Å². The van der Waals surface area contributed by atoms with Crippen molar-refractivity contribution in [2.45, 2.75) is 46.6 Å². The Morgan fingerprint density at radius 1 is 1.19 bits per heavy atom. The Kier molecular flexibility index (Phi) is 5.97. The van der Waals surface area contributed by atoms with E-state index in [0.717, 1.165) is 35.0 Å². The number of hydrogen-bond acceptors (Lipinski definition) is 6. The Bertz CT molecular complexity index is 1120. The van der Waals surface area contributed by atoms with Crippen molar-refractivity contribution in [2.75, 3.05) is 13.1 Å².